The van der Waals surface area contributed by atoms with E-state index in [0.29, 0.717) is 26.1 Å². The summed E-state index contributed by atoms with van der Waals surface area (Å²) in [6, 6.07) is 9.65. The summed E-state index contributed by atoms with van der Waals surface area (Å²) < 4.78 is 11.5. The maximum absolute atomic E-state index is 12.4. The Morgan fingerprint density at radius 1 is 1.39 bits per heavy atom. The molecule has 6 nitrogen and oxygen atoms in total. The standard InChI is InChI=1S/C17H21N3O3/c1-22-17(12-23-15-5-3-2-4-6-15)7-8-20(11-17)16(21)9-14-10-18-13-19-14/h2-6,10,13H,7-9,11-12H2,1H3,(H,18,19)/t17-/m1/s1. The van der Waals surface area contributed by atoms with Crippen molar-refractivity contribution in [3.8, 4) is 5.75 Å². The van der Waals surface area contributed by atoms with Crippen LogP contribution in [-0.4, -0.2) is 53.2 Å². The van der Waals surface area contributed by atoms with Crippen LogP contribution in [0.4, 0.5) is 0 Å². The topological polar surface area (TPSA) is 67.5 Å². The molecular weight excluding hydrogens is 294 g/mol. The number of aromatic nitrogens is 2. The Morgan fingerprint density at radius 3 is 2.91 bits per heavy atom. The first-order valence-corrected chi connectivity index (χ1v) is 7.69. The minimum Gasteiger partial charge on any atom is -0.491 e. The maximum atomic E-state index is 12.4. The molecule has 0 bridgehead atoms. The summed E-state index contributed by atoms with van der Waals surface area (Å²) in [7, 11) is 1.68. The molecule has 1 aliphatic rings. The molecule has 0 unspecified atom stereocenters. The summed E-state index contributed by atoms with van der Waals surface area (Å²) in [4.78, 5) is 21.1. The zero-order valence-corrected chi connectivity index (χ0v) is 13.2. The first-order chi connectivity index (χ1) is 11.2. The van der Waals surface area contributed by atoms with Crippen molar-refractivity contribution >= 4 is 5.91 Å². The van der Waals surface area contributed by atoms with Crippen LogP contribution >= 0.6 is 0 Å². The molecule has 1 amide bonds. The highest BCUT2D eigenvalue weighted by molar-refractivity contribution is 5.78. The van der Waals surface area contributed by atoms with Gasteiger partial charge in [-0.2, -0.15) is 0 Å². The maximum Gasteiger partial charge on any atom is 0.228 e. The first kappa shape index (κ1) is 15.6. The van der Waals surface area contributed by atoms with E-state index in [9.17, 15) is 4.79 Å². The summed E-state index contributed by atoms with van der Waals surface area (Å²) in [5, 5.41) is 0. The number of nitrogens with one attached hydrogen (secondary N) is 1. The van der Waals surface area contributed by atoms with E-state index in [2.05, 4.69) is 9.97 Å². The molecule has 3 rings (SSSR count). The fourth-order valence-electron chi connectivity index (χ4n) is 2.79. The second-order valence-electron chi connectivity index (χ2n) is 5.81. The molecule has 1 aromatic carbocycles. The van der Waals surface area contributed by atoms with Crippen molar-refractivity contribution in [1.82, 2.24) is 14.9 Å². The largest absolute Gasteiger partial charge is 0.491 e. The van der Waals surface area contributed by atoms with Crippen molar-refractivity contribution in [2.45, 2.75) is 18.4 Å². The second-order valence-corrected chi connectivity index (χ2v) is 5.81. The number of amides is 1. The molecule has 1 atom stereocenters. The SMILES string of the molecule is CO[C@]1(COc2ccccc2)CCN(C(=O)Cc2cnc[nH]2)C1. The molecule has 1 fully saturated rings. The van der Waals surface area contributed by atoms with Crippen molar-refractivity contribution in [3.63, 3.8) is 0 Å². The van der Waals surface area contributed by atoms with Crippen molar-refractivity contribution in [1.29, 1.82) is 0 Å². The lowest BCUT2D eigenvalue weighted by molar-refractivity contribution is -0.131. The number of imidazole rings is 1. The summed E-state index contributed by atoms with van der Waals surface area (Å²) in [6.45, 7) is 1.66. The number of para-hydroxylation sites is 1. The Balaban J connectivity index is 1.58. The number of carbonyl (C=O) groups is 1. The molecule has 1 N–H and O–H groups in total. The van der Waals surface area contributed by atoms with Crippen molar-refractivity contribution < 1.29 is 14.3 Å². The molecule has 1 aliphatic heterocycles. The fraction of sp³-hybridized carbons (Fsp3) is 0.412. The van der Waals surface area contributed by atoms with Crippen LogP contribution in [0.25, 0.3) is 0 Å². The number of nitrogens with zero attached hydrogens (tertiary/aromatic N) is 2. The number of likely N-dealkylation sites (tertiary alicyclic amines) is 1. The van der Waals surface area contributed by atoms with E-state index in [1.807, 2.05) is 35.2 Å². The van der Waals surface area contributed by atoms with Crippen molar-refractivity contribution in [3.05, 3.63) is 48.5 Å². The highest BCUT2D eigenvalue weighted by Crippen LogP contribution is 2.26. The minimum absolute atomic E-state index is 0.0767. The minimum atomic E-state index is -0.445. The zero-order chi connectivity index (χ0) is 16.1. The monoisotopic (exact) mass is 315 g/mol. The Morgan fingerprint density at radius 2 is 2.22 bits per heavy atom. The van der Waals surface area contributed by atoms with Crippen LogP contribution in [-0.2, 0) is 16.0 Å². The molecular formula is C17H21N3O3. The van der Waals surface area contributed by atoms with Gasteiger partial charge in [0.2, 0.25) is 5.91 Å². The third-order valence-electron chi connectivity index (χ3n) is 4.24. The number of rotatable bonds is 6. The van der Waals surface area contributed by atoms with Crippen LogP contribution in [0.5, 0.6) is 5.75 Å². The van der Waals surface area contributed by atoms with E-state index in [4.69, 9.17) is 9.47 Å². The van der Waals surface area contributed by atoms with Gasteiger partial charge in [0.25, 0.3) is 0 Å². The van der Waals surface area contributed by atoms with Gasteiger partial charge in [-0.15, -0.1) is 0 Å². The van der Waals surface area contributed by atoms with Gasteiger partial charge < -0.3 is 19.4 Å². The summed E-state index contributed by atoms with van der Waals surface area (Å²) in [5.41, 5.74) is 0.380. The van der Waals surface area contributed by atoms with Crippen molar-refractivity contribution in [2.24, 2.45) is 0 Å². The Kier molecular flexibility index (Phi) is 4.62. The third kappa shape index (κ3) is 3.71. The number of H-pyrrole nitrogens is 1. The molecule has 122 valence electrons. The van der Waals surface area contributed by atoms with E-state index in [1.54, 1.807) is 19.6 Å². The Hall–Kier alpha value is -2.34. The lowest BCUT2D eigenvalue weighted by Gasteiger charge is -2.27. The van der Waals surface area contributed by atoms with Crippen LogP contribution in [0, 0.1) is 0 Å². The molecule has 2 aromatic rings. The van der Waals surface area contributed by atoms with E-state index >= 15 is 0 Å². The molecule has 0 aliphatic carbocycles. The highest BCUT2D eigenvalue weighted by Gasteiger charge is 2.41. The number of aromatic amines is 1. The second kappa shape index (κ2) is 6.83. The number of hydrogen-bond donors (Lipinski definition) is 1. The predicted molar refractivity (Wildman–Crippen MR) is 85.2 cm³/mol. The fourth-order valence-corrected chi connectivity index (χ4v) is 2.79. The average molecular weight is 315 g/mol. The average Bonchev–Trinajstić information content (AvgIpc) is 3.24. The van der Waals surface area contributed by atoms with Crippen molar-refractivity contribution in [2.75, 3.05) is 26.8 Å². The lowest BCUT2D eigenvalue weighted by Crippen LogP contribution is -2.42. The van der Waals surface area contributed by atoms with E-state index in [0.717, 1.165) is 17.9 Å². The van der Waals surface area contributed by atoms with Crippen LogP contribution in [0.1, 0.15) is 12.1 Å². The van der Waals surface area contributed by atoms with E-state index in [-0.39, 0.29) is 5.91 Å². The molecule has 0 radical (unpaired) electrons. The molecule has 1 saturated heterocycles. The summed E-state index contributed by atoms with van der Waals surface area (Å²) >= 11 is 0. The van der Waals surface area contributed by atoms with E-state index in [1.165, 1.54) is 0 Å². The van der Waals surface area contributed by atoms with Gasteiger partial charge in [-0.05, 0) is 18.6 Å². The number of methoxy groups -OCH3 is 1. The highest BCUT2D eigenvalue weighted by atomic mass is 16.5. The molecule has 1 aromatic heterocycles. The molecule has 23 heavy (non-hydrogen) atoms. The number of carbonyl (C=O) groups excluding carboxylic acids is 1. The Bertz CT molecular complexity index is 630. The van der Waals surface area contributed by atoms with Gasteiger partial charge in [0.05, 0.1) is 19.3 Å². The van der Waals surface area contributed by atoms with Gasteiger partial charge in [0, 0.05) is 25.5 Å². The van der Waals surface area contributed by atoms with Gasteiger partial charge in [-0.3, -0.25) is 4.79 Å². The third-order valence-corrected chi connectivity index (χ3v) is 4.24. The molecule has 0 spiro atoms. The smallest absolute Gasteiger partial charge is 0.228 e. The van der Waals surface area contributed by atoms with Gasteiger partial charge >= 0.3 is 0 Å². The summed E-state index contributed by atoms with van der Waals surface area (Å²) in [6.07, 6.45) is 4.36. The Labute approximate surface area is 135 Å². The van der Waals surface area contributed by atoms with Crippen LogP contribution in [0.15, 0.2) is 42.9 Å². The quantitative estimate of drug-likeness (QED) is 0.880. The van der Waals surface area contributed by atoms with Crippen LogP contribution in [0.3, 0.4) is 0 Å². The van der Waals surface area contributed by atoms with Gasteiger partial charge in [0.1, 0.15) is 18.0 Å². The van der Waals surface area contributed by atoms with Gasteiger partial charge in [0.15, 0.2) is 0 Å². The number of hydrogen-bond acceptors (Lipinski definition) is 4. The van der Waals surface area contributed by atoms with Crippen LogP contribution in [0.2, 0.25) is 0 Å². The number of ether oxygens (including phenoxy) is 2. The molecule has 0 saturated carbocycles. The lowest BCUT2D eigenvalue weighted by atomic mass is 10.0. The first-order valence-electron chi connectivity index (χ1n) is 7.69. The molecule has 6 heteroatoms. The normalized spacial score (nSPS) is 20.7. The summed E-state index contributed by atoms with van der Waals surface area (Å²) in [5.74, 6) is 0.888. The zero-order valence-electron chi connectivity index (χ0n) is 13.2. The molecule has 2 heterocycles. The number of benzene rings is 1. The van der Waals surface area contributed by atoms with Gasteiger partial charge in [-0.25, -0.2) is 4.98 Å². The van der Waals surface area contributed by atoms with Crippen LogP contribution < -0.4 is 4.74 Å². The predicted octanol–water partition coefficient (Wildman–Crippen LogP) is 1.65. The van der Waals surface area contributed by atoms with Gasteiger partial charge in [-0.1, -0.05) is 18.2 Å². The van der Waals surface area contributed by atoms with E-state index < -0.39 is 5.60 Å².